The highest BCUT2D eigenvalue weighted by Gasteiger charge is 2.14. The number of aromatic nitrogens is 3. The Hall–Kier alpha value is -2.60. The molecule has 0 fully saturated rings. The molecule has 0 aliphatic carbocycles. The topological polar surface area (TPSA) is 90.7 Å². The minimum atomic E-state index is -0.507. The van der Waals surface area contributed by atoms with Gasteiger partial charge >= 0.3 is 0 Å². The van der Waals surface area contributed by atoms with Crippen LogP contribution in [0.15, 0.2) is 30.6 Å². The molecule has 0 atom stereocenters. The average Bonchev–Trinajstić information content (AvgIpc) is 2.55. The molecule has 3 aromatic rings. The van der Waals surface area contributed by atoms with E-state index in [9.17, 15) is 4.39 Å². The number of nitrogen functional groups attached to an aromatic ring is 1. The van der Waals surface area contributed by atoms with Gasteiger partial charge in [0.15, 0.2) is 5.82 Å². The van der Waals surface area contributed by atoms with Crippen molar-refractivity contribution in [2.24, 2.45) is 5.73 Å². The van der Waals surface area contributed by atoms with Crippen molar-refractivity contribution in [3.05, 3.63) is 47.5 Å². The van der Waals surface area contributed by atoms with E-state index in [-0.39, 0.29) is 17.6 Å². The van der Waals surface area contributed by atoms with Gasteiger partial charge in [-0.2, -0.15) is 0 Å². The summed E-state index contributed by atoms with van der Waals surface area (Å²) in [6.45, 7) is 4.61. The van der Waals surface area contributed by atoms with Crippen LogP contribution >= 0.6 is 0 Å². The largest absolute Gasteiger partial charge is 0.368 e. The zero-order chi connectivity index (χ0) is 16.6. The van der Waals surface area contributed by atoms with E-state index in [2.05, 4.69) is 28.8 Å². The Balaban J connectivity index is 2.29. The van der Waals surface area contributed by atoms with Gasteiger partial charge in [-0.15, -0.1) is 0 Å². The molecule has 0 aliphatic heterocycles. The Bertz CT molecular complexity index is 876. The Morgan fingerprint density at radius 1 is 1.17 bits per heavy atom. The van der Waals surface area contributed by atoms with Gasteiger partial charge in [0, 0.05) is 23.7 Å². The molecule has 0 bridgehead atoms. The fourth-order valence-electron chi connectivity index (χ4n) is 2.83. The Labute approximate surface area is 133 Å². The molecule has 2 heterocycles. The van der Waals surface area contributed by atoms with Gasteiger partial charge in [0.1, 0.15) is 5.69 Å². The highest BCUT2D eigenvalue weighted by Crippen LogP contribution is 2.31. The van der Waals surface area contributed by atoms with E-state index in [0.717, 1.165) is 28.2 Å². The monoisotopic (exact) mass is 311 g/mol. The second-order valence-corrected chi connectivity index (χ2v) is 5.71. The first-order chi connectivity index (χ1) is 11.0. The smallest absolute Gasteiger partial charge is 0.220 e. The lowest BCUT2D eigenvalue weighted by atomic mass is 9.93. The number of benzene rings is 1. The number of fused-ring (bicyclic) bond motifs is 1. The normalized spacial score (nSPS) is 11.3. The van der Waals surface area contributed by atoms with Gasteiger partial charge in [0.25, 0.3) is 0 Å². The quantitative estimate of drug-likeness (QED) is 0.776. The molecule has 0 aliphatic rings. The highest BCUT2D eigenvalue weighted by molar-refractivity contribution is 5.88. The minimum absolute atomic E-state index is 0.0411. The lowest BCUT2D eigenvalue weighted by Crippen LogP contribution is -2.05. The number of rotatable bonds is 3. The van der Waals surface area contributed by atoms with Crippen LogP contribution in [0.1, 0.15) is 30.9 Å². The van der Waals surface area contributed by atoms with Crippen molar-refractivity contribution in [2.75, 3.05) is 5.73 Å². The van der Waals surface area contributed by atoms with Crippen LogP contribution < -0.4 is 11.5 Å². The SMILES string of the molecule is CC(C)c1c(CN)cnc2ccc(-c3nc(N)ncc3F)cc12. The Morgan fingerprint density at radius 3 is 2.65 bits per heavy atom. The van der Waals surface area contributed by atoms with Gasteiger partial charge in [0.2, 0.25) is 5.95 Å². The fourth-order valence-corrected chi connectivity index (χ4v) is 2.83. The van der Waals surface area contributed by atoms with Crippen molar-refractivity contribution >= 4 is 16.9 Å². The summed E-state index contributed by atoms with van der Waals surface area (Å²) in [7, 11) is 0. The molecule has 0 saturated heterocycles. The van der Waals surface area contributed by atoms with E-state index >= 15 is 0 Å². The summed E-state index contributed by atoms with van der Waals surface area (Å²) in [5.74, 6) is -0.193. The van der Waals surface area contributed by atoms with Gasteiger partial charge in [-0.05, 0) is 29.2 Å². The maximum absolute atomic E-state index is 14.0. The molecule has 4 N–H and O–H groups in total. The van der Waals surface area contributed by atoms with Crippen molar-refractivity contribution in [3.8, 4) is 11.3 Å². The first kappa shape index (κ1) is 15.3. The van der Waals surface area contributed by atoms with Crippen molar-refractivity contribution in [2.45, 2.75) is 26.3 Å². The summed E-state index contributed by atoms with van der Waals surface area (Å²) in [6.07, 6.45) is 2.89. The van der Waals surface area contributed by atoms with Gasteiger partial charge < -0.3 is 11.5 Å². The van der Waals surface area contributed by atoms with E-state index in [1.807, 2.05) is 12.1 Å². The molecular formula is C17H18FN5. The lowest BCUT2D eigenvalue weighted by Gasteiger charge is -2.15. The fraction of sp³-hybridized carbons (Fsp3) is 0.235. The molecule has 1 aromatic carbocycles. The number of nitrogens with zero attached hydrogens (tertiary/aromatic N) is 3. The molecule has 0 unspecified atom stereocenters. The van der Waals surface area contributed by atoms with Crippen LogP contribution in [0.25, 0.3) is 22.2 Å². The number of hydrogen-bond donors (Lipinski definition) is 2. The molecule has 23 heavy (non-hydrogen) atoms. The minimum Gasteiger partial charge on any atom is -0.368 e. The van der Waals surface area contributed by atoms with Crippen LogP contribution in [-0.4, -0.2) is 15.0 Å². The molecule has 6 heteroatoms. The second kappa shape index (κ2) is 5.89. The zero-order valence-electron chi connectivity index (χ0n) is 13.0. The summed E-state index contributed by atoms with van der Waals surface area (Å²) in [5, 5.41) is 0.956. The molecule has 0 radical (unpaired) electrons. The molecule has 0 saturated carbocycles. The van der Waals surface area contributed by atoms with Crippen LogP contribution in [0.2, 0.25) is 0 Å². The summed E-state index contributed by atoms with van der Waals surface area (Å²) in [4.78, 5) is 12.1. The van der Waals surface area contributed by atoms with Crippen LogP contribution in [0.5, 0.6) is 0 Å². The third kappa shape index (κ3) is 2.73. The van der Waals surface area contributed by atoms with Crippen molar-refractivity contribution in [1.29, 1.82) is 0 Å². The van der Waals surface area contributed by atoms with Crippen molar-refractivity contribution in [1.82, 2.24) is 15.0 Å². The Kier molecular flexibility index (Phi) is 3.92. The maximum Gasteiger partial charge on any atom is 0.220 e. The van der Waals surface area contributed by atoms with E-state index in [4.69, 9.17) is 11.5 Å². The van der Waals surface area contributed by atoms with E-state index in [1.165, 1.54) is 0 Å². The molecule has 118 valence electrons. The predicted molar refractivity (Wildman–Crippen MR) is 89.1 cm³/mol. The third-order valence-electron chi connectivity index (χ3n) is 3.83. The number of nitrogens with two attached hydrogens (primary N) is 2. The second-order valence-electron chi connectivity index (χ2n) is 5.71. The first-order valence-electron chi connectivity index (χ1n) is 7.41. The third-order valence-corrected chi connectivity index (χ3v) is 3.83. The molecule has 3 rings (SSSR count). The van der Waals surface area contributed by atoms with Gasteiger partial charge in [-0.25, -0.2) is 14.4 Å². The average molecular weight is 311 g/mol. The van der Waals surface area contributed by atoms with E-state index in [1.54, 1.807) is 12.3 Å². The summed E-state index contributed by atoms with van der Waals surface area (Å²) in [5.41, 5.74) is 15.2. The van der Waals surface area contributed by atoms with Crippen LogP contribution in [0.4, 0.5) is 10.3 Å². The van der Waals surface area contributed by atoms with E-state index < -0.39 is 5.82 Å². The molecule has 5 nitrogen and oxygen atoms in total. The van der Waals surface area contributed by atoms with Crippen LogP contribution in [-0.2, 0) is 6.54 Å². The number of halogens is 1. The lowest BCUT2D eigenvalue weighted by molar-refractivity contribution is 0.619. The highest BCUT2D eigenvalue weighted by atomic mass is 19.1. The molecule has 2 aromatic heterocycles. The van der Waals surface area contributed by atoms with Gasteiger partial charge in [-0.3, -0.25) is 4.98 Å². The first-order valence-corrected chi connectivity index (χ1v) is 7.41. The Morgan fingerprint density at radius 2 is 1.96 bits per heavy atom. The summed E-state index contributed by atoms with van der Waals surface area (Å²) in [6, 6.07) is 5.53. The maximum atomic E-state index is 14.0. The van der Waals surface area contributed by atoms with Crippen molar-refractivity contribution in [3.63, 3.8) is 0 Å². The number of pyridine rings is 1. The molecule has 0 amide bonds. The zero-order valence-corrected chi connectivity index (χ0v) is 13.0. The molecular weight excluding hydrogens is 293 g/mol. The summed E-state index contributed by atoms with van der Waals surface area (Å²) < 4.78 is 14.0. The van der Waals surface area contributed by atoms with Gasteiger partial charge in [-0.1, -0.05) is 19.9 Å². The van der Waals surface area contributed by atoms with Gasteiger partial charge in [0.05, 0.1) is 11.7 Å². The summed E-state index contributed by atoms with van der Waals surface area (Å²) >= 11 is 0. The standard InChI is InChI=1S/C17H18FN5/c1-9(2)15-11(6-19)7-21-14-4-3-10(5-12(14)15)16-13(18)8-22-17(20)23-16/h3-5,7-9H,6,19H2,1-2H3,(H2,20,22,23). The number of hydrogen-bond acceptors (Lipinski definition) is 5. The van der Waals surface area contributed by atoms with Crippen LogP contribution in [0, 0.1) is 5.82 Å². The number of anilines is 1. The van der Waals surface area contributed by atoms with Crippen molar-refractivity contribution < 1.29 is 4.39 Å². The van der Waals surface area contributed by atoms with Crippen LogP contribution in [0.3, 0.4) is 0 Å². The molecule has 0 spiro atoms. The van der Waals surface area contributed by atoms with E-state index in [0.29, 0.717) is 12.1 Å². The predicted octanol–water partition coefficient (Wildman–Crippen LogP) is 3.00.